The molecule has 1 saturated carbocycles. The Hall–Kier alpha value is -0.890. The van der Waals surface area contributed by atoms with Crippen molar-refractivity contribution in [2.75, 3.05) is 11.1 Å². The van der Waals surface area contributed by atoms with Gasteiger partial charge in [-0.1, -0.05) is 11.6 Å². The number of hydrogen-bond donors (Lipinski definition) is 2. The van der Waals surface area contributed by atoms with Crippen LogP contribution >= 0.6 is 11.6 Å². The number of nitrogens with one attached hydrogen (secondary N) is 1. The number of anilines is 2. The van der Waals surface area contributed by atoms with Crippen LogP contribution in [0, 0.1) is 5.92 Å². The van der Waals surface area contributed by atoms with Crippen LogP contribution in [-0.4, -0.2) is 5.54 Å². The summed E-state index contributed by atoms with van der Waals surface area (Å²) in [5.41, 5.74) is 7.73. The summed E-state index contributed by atoms with van der Waals surface area (Å²) in [4.78, 5) is 0. The van der Waals surface area contributed by atoms with Gasteiger partial charge in [-0.3, -0.25) is 0 Å². The van der Waals surface area contributed by atoms with Gasteiger partial charge in [-0.15, -0.1) is 0 Å². The molecule has 0 bridgehead atoms. The number of nitrogen functional groups attached to an aromatic ring is 1. The molecule has 1 aromatic rings. The van der Waals surface area contributed by atoms with E-state index in [2.05, 4.69) is 19.2 Å². The molecule has 2 nitrogen and oxygen atoms in total. The van der Waals surface area contributed by atoms with Gasteiger partial charge in [0.25, 0.3) is 0 Å². The van der Waals surface area contributed by atoms with Gasteiger partial charge in [0.05, 0.1) is 11.4 Å². The number of hydrogen-bond acceptors (Lipinski definition) is 2. The molecule has 82 valence electrons. The van der Waals surface area contributed by atoms with Crippen LogP contribution in [0.1, 0.15) is 26.7 Å². The Balaban J connectivity index is 2.16. The molecule has 3 heteroatoms. The maximum absolute atomic E-state index is 5.90. The lowest BCUT2D eigenvalue weighted by molar-refractivity contribution is 0.495. The van der Waals surface area contributed by atoms with E-state index in [1.54, 1.807) is 6.07 Å². The first kappa shape index (κ1) is 10.6. The standard InChI is InChI=1S/C12H17ClN2/c1-12(2,8-3-4-8)15-11-6-5-9(13)7-10(11)14/h5-8,15H,3-4,14H2,1-2H3. The van der Waals surface area contributed by atoms with Crippen LogP contribution in [0.25, 0.3) is 0 Å². The van der Waals surface area contributed by atoms with E-state index in [9.17, 15) is 0 Å². The van der Waals surface area contributed by atoms with Gasteiger partial charge in [0.2, 0.25) is 0 Å². The molecule has 2 rings (SSSR count). The molecule has 0 radical (unpaired) electrons. The van der Waals surface area contributed by atoms with E-state index in [0.717, 1.165) is 17.3 Å². The summed E-state index contributed by atoms with van der Waals surface area (Å²) in [5, 5.41) is 4.17. The van der Waals surface area contributed by atoms with Gasteiger partial charge in [-0.05, 0) is 50.8 Å². The minimum atomic E-state index is 0.127. The van der Waals surface area contributed by atoms with Crippen molar-refractivity contribution < 1.29 is 0 Å². The van der Waals surface area contributed by atoms with Gasteiger partial charge in [0.15, 0.2) is 0 Å². The highest BCUT2D eigenvalue weighted by Crippen LogP contribution is 2.41. The van der Waals surface area contributed by atoms with Gasteiger partial charge >= 0.3 is 0 Å². The third-order valence-corrected chi connectivity index (χ3v) is 3.30. The molecule has 1 fully saturated rings. The minimum absolute atomic E-state index is 0.127. The van der Waals surface area contributed by atoms with Crippen LogP contribution in [0.5, 0.6) is 0 Å². The molecule has 3 N–H and O–H groups in total. The van der Waals surface area contributed by atoms with Gasteiger partial charge < -0.3 is 11.1 Å². The molecular formula is C12H17ClN2. The van der Waals surface area contributed by atoms with Crippen LogP contribution in [0.2, 0.25) is 5.02 Å². The number of benzene rings is 1. The third-order valence-electron chi connectivity index (χ3n) is 3.07. The predicted molar refractivity (Wildman–Crippen MR) is 66.3 cm³/mol. The molecule has 1 aliphatic rings. The van der Waals surface area contributed by atoms with E-state index < -0.39 is 0 Å². The summed E-state index contributed by atoms with van der Waals surface area (Å²) in [5.74, 6) is 0.771. The number of nitrogens with two attached hydrogens (primary N) is 1. The maximum Gasteiger partial charge on any atom is 0.0579 e. The molecular weight excluding hydrogens is 208 g/mol. The van der Waals surface area contributed by atoms with Crippen LogP contribution in [0.15, 0.2) is 18.2 Å². The fourth-order valence-corrected chi connectivity index (χ4v) is 2.08. The van der Waals surface area contributed by atoms with Crippen molar-refractivity contribution in [1.82, 2.24) is 0 Å². The van der Waals surface area contributed by atoms with Crippen molar-refractivity contribution >= 4 is 23.0 Å². The number of rotatable bonds is 3. The molecule has 15 heavy (non-hydrogen) atoms. The lowest BCUT2D eigenvalue weighted by Gasteiger charge is -2.28. The second-order valence-electron chi connectivity index (χ2n) is 4.85. The molecule has 0 unspecified atom stereocenters. The lowest BCUT2D eigenvalue weighted by atomic mass is 9.98. The van der Waals surface area contributed by atoms with Crippen molar-refractivity contribution in [2.45, 2.75) is 32.2 Å². The van der Waals surface area contributed by atoms with Crippen LogP contribution < -0.4 is 11.1 Å². The first-order valence-electron chi connectivity index (χ1n) is 5.32. The molecule has 0 saturated heterocycles. The summed E-state index contributed by atoms with van der Waals surface area (Å²) in [7, 11) is 0. The summed E-state index contributed by atoms with van der Waals surface area (Å²) >= 11 is 5.86. The molecule has 1 aromatic carbocycles. The molecule has 0 amide bonds. The smallest absolute Gasteiger partial charge is 0.0579 e. The second kappa shape index (κ2) is 3.60. The van der Waals surface area contributed by atoms with E-state index in [-0.39, 0.29) is 5.54 Å². The van der Waals surface area contributed by atoms with Gasteiger partial charge in [-0.2, -0.15) is 0 Å². The van der Waals surface area contributed by atoms with Crippen LogP contribution in [-0.2, 0) is 0 Å². The van der Waals surface area contributed by atoms with E-state index in [1.807, 2.05) is 12.1 Å². The fourth-order valence-electron chi connectivity index (χ4n) is 1.90. The zero-order valence-corrected chi connectivity index (χ0v) is 9.93. The molecule has 0 spiro atoms. The Morgan fingerprint density at radius 1 is 1.40 bits per heavy atom. The second-order valence-corrected chi connectivity index (χ2v) is 5.29. The largest absolute Gasteiger partial charge is 0.397 e. The van der Waals surface area contributed by atoms with E-state index in [0.29, 0.717) is 5.02 Å². The van der Waals surface area contributed by atoms with Crippen molar-refractivity contribution in [1.29, 1.82) is 0 Å². The molecule has 0 atom stereocenters. The van der Waals surface area contributed by atoms with E-state index in [4.69, 9.17) is 17.3 Å². The molecule has 0 aromatic heterocycles. The summed E-state index contributed by atoms with van der Waals surface area (Å²) in [6.07, 6.45) is 2.63. The average Bonchev–Trinajstić information content (AvgIpc) is 2.92. The van der Waals surface area contributed by atoms with E-state index in [1.165, 1.54) is 12.8 Å². The summed E-state index contributed by atoms with van der Waals surface area (Å²) in [6.45, 7) is 4.44. The first-order chi connectivity index (χ1) is 6.99. The van der Waals surface area contributed by atoms with Crippen LogP contribution in [0.3, 0.4) is 0 Å². The normalized spacial score (nSPS) is 16.5. The van der Waals surface area contributed by atoms with Crippen molar-refractivity contribution in [3.8, 4) is 0 Å². The topological polar surface area (TPSA) is 38.0 Å². The Morgan fingerprint density at radius 3 is 2.60 bits per heavy atom. The highest BCUT2D eigenvalue weighted by molar-refractivity contribution is 6.31. The first-order valence-corrected chi connectivity index (χ1v) is 5.70. The Labute approximate surface area is 95.8 Å². The lowest BCUT2D eigenvalue weighted by Crippen LogP contribution is -2.33. The van der Waals surface area contributed by atoms with Gasteiger partial charge in [-0.25, -0.2) is 0 Å². The highest BCUT2D eigenvalue weighted by atomic mass is 35.5. The zero-order valence-electron chi connectivity index (χ0n) is 9.18. The maximum atomic E-state index is 5.90. The van der Waals surface area contributed by atoms with Crippen LogP contribution in [0.4, 0.5) is 11.4 Å². The Bertz CT molecular complexity index is 370. The summed E-state index contributed by atoms with van der Waals surface area (Å²) in [6, 6.07) is 5.60. The molecule has 0 aliphatic heterocycles. The predicted octanol–water partition coefficient (Wildman–Crippen LogP) is 3.52. The highest BCUT2D eigenvalue weighted by Gasteiger charge is 2.37. The quantitative estimate of drug-likeness (QED) is 0.771. The monoisotopic (exact) mass is 224 g/mol. The Kier molecular flexibility index (Phi) is 2.55. The van der Waals surface area contributed by atoms with E-state index >= 15 is 0 Å². The Morgan fingerprint density at radius 2 is 2.07 bits per heavy atom. The van der Waals surface area contributed by atoms with Gasteiger partial charge in [0, 0.05) is 10.6 Å². The third kappa shape index (κ3) is 2.37. The fraction of sp³-hybridized carbons (Fsp3) is 0.500. The van der Waals surface area contributed by atoms with Crippen molar-refractivity contribution in [2.24, 2.45) is 5.92 Å². The van der Waals surface area contributed by atoms with Gasteiger partial charge in [0.1, 0.15) is 0 Å². The van der Waals surface area contributed by atoms with Crippen molar-refractivity contribution in [3.05, 3.63) is 23.2 Å². The minimum Gasteiger partial charge on any atom is -0.397 e. The molecule has 0 heterocycles. The SMILES string of the molecule is CC(C)(Nc1ccc(Cl)cc1N)C1CC1. The zero-order chi connectivity index (χ0) is 11.1. The average molecular weight is 225 g/mol. The summed E-state index contributed by atoms with van der Waals surface area (Å²) < 4.78 is 0. The number of halogens is 1. The van der Waals surface area contributed by atoms with Crippen molar-refractivity contribution in [3.63, 3.8) is 0 Å². The molecule has 1 aliphatic carbocycles.